The van der Waals surface area contributed by atoms with Gasteiger partial charge < -0.3 is 85.6 Å². The molecule has 4 aliphatic heterocycles. The minimum atomic E-state index is 0. The Morgan fingerprint density at radius 2 is 0.372 bits per heavy atom. The third-order valence-electron chi connectivity index (χ3n) is 25.9. The number of benzene rings is 6. The van der Waals surface area contributed by atoms with Crippen molar-refractivity contribution in [3.05, 3.63) is 184 Å². The van der Waals surface area contributed by atoms with Crippen LogP contribution in [-0.4, -0.2) is 393 Å². The second kappa shape index (κ2) is 73.9. The summed E-state index contributed by atoms with van der Waals surface area (Å²) in [6, 6.07) is 39.5. The van der Waals surface area contributed by atoms with Crippen molar-refractivity contribution in [2.24, 2.45) is 0 Å². The summed E-state index contributed by atoms with van der Waals surface area (Å²) in [6.07, 6.45) is 35.0. The van der Waals surface area contributed by atoms with Gasteiger partial charge in [0.1, 0.15) is 0 Å². The number of amides is 2. The van der Waals surface area contributed by atoms with Gasteiger partial charge in [-0.3, -0.25) is 39.0 Å². The van der Waals surface area contributed by atoms with Gasteiger partial charge >= 0.3 is 17.1 Å². The summed E-state index contributed by atoms with van der Waals surface area (Å²) in [7, 11) is 0. The van der Waals surface area contributed by atoms with Gasteiger partial charge in [0.2, 0.25) is 11.8 Å². The second-order valence-electron chi connectivity index (χ2n) is 35.9. The van der Waals surface area contributed by atoms with E-state index >= 15 is 0 Å². The van der Waals surface area contributed by atoms with Gasteiger partial charge in [-0.05, 0) is 170 Å². The van der Waals surface area contributed by atoms with E-state index in [2.05, 4.69) is 139 Å². The van der Waals surface area contributed by atoms with Crippen molar-refractivity contribution in [1.82, 2.24) is 39.2 Å². The molecule has 2 aliphatic carbocycles. The Kier molecular flexibility index (Phi) is 61.4. The third-order valence-corrected chi connectivity index (χ3v) is 25.9. The van der Waals surface area contributed by atoms with Crippen LogP contribution in [0.5, 0.6) is 0 Å². The maximum Gasteiger partial charge on any atom is 2.00 e. The molecule has 27 heteroatoms. The summed E-state index contributed by atoms with van der Waals surface area (Å²) in [5.41, 5.74) is 2.72. The smallest absolute Gasteiger partial charge is 0.378 e. The maximum atomic E-state index is 12.9. The Balaban J connectivity index is 0.000000281. The summed E-state index contributed by atoms with van der Waals surface area (Å²) in [4.78, 5) is 44.3. The molecule has 6 fully saturated rings. The van der Waals surface area contributed by atoms with E-state index in [9.17, 15) is 9.59 Å². The Hall–Kier alpha value is -5.06. The number of rotatable bonds is 28. The largest absolute Gasteiger partial charge is 2.00 e. The molecule has 2 amide bonds. The quantitative estimate of drug-likeness (QED) is 0.0254. The number of carbonyl (C=O) groups is 2. The zero-order valence-corrected chi connectivity index (χ0v) is 83.9. The normalized spacial score (nSPS) is 20.9. The molecule has 12 rings (SSSR count). The summed E-state index contributed by atoms with van der Waals surface area (Å²) in [5, 5.41) is 10.3. The monoisotopic (exact) mass is 1940 g/mol. The summed E-state index contributed by atoms with van der Waals surface area (Å²) in [6.45, 7) is 37.5. The molecule has 10 radical (unpaired) electrons. The van der Waals surface area contributed by atoms with Crippen molar-refractivity contribution in [2.75, 3.05) is 342 Å². The average molecular weight is 1940 g/mol. The Morgan fingerprint density at radius 1 is 0.204 bits per heavy atom. The van der Waals surface area contributed by atoms with Gasteiger partial charge in [0, 0.05) is 118 Å². The molecule has 137 heavy (non-hydrogen) atoms. The molecule has 0 unspecified atom stereocenters. The number of hydrogen-bond acceptors (Lipinski definition) is 24. The van der Waals surface area contributed by atoms with Gasteiger partial charge in [-0.15, -0.1) is 0 Å². The minimum absolute atomic E-state index is 0. The molecule has 760 valence electrons. The molecule has 26 nitrogen and oxygen atoms in total. The van der Waals surface area contributed by atoms with Crippen LogP contribution in [0.1, 0.15) is 114 Å². The Bertz CT molecular complexity index is 3600. The fraction of sp³-hybridized carbons (Fsp3) is 0.636. The summed E-state index contributed by atoms with van der Waals surface area (Å²) >= 11 is 0. The van der Waals surface area contributed by atoms with E-state index in [4.69, 9.17) is 75.8 Å². The van der Waals surface area contributed by atoms with E-state index in [1.54, 1.807) is 9.80 Å². The van der Waals surface area contributed by atoms with E-state index in [0.717, 1.165) is 118 Å². The van der Waals surface area contributed by atoms with Crippen LogP contribution in [0.2, 0.25) is 0 Å². The van der Waals surface area contributed by atoms with Gasteiger partial charge in [0.25, 0.3) is 0 Å². The number of fused-ring (bicyclic) bond motifs is 4. The molecular weight excluding hydrogens is 1780 g/mol. The molecule has 0 atom stereocenters. The van der Waals surface area contributed by atoms with E-state index in [0.29, 0.717) is 249 Å². The van der Waals surface area contributed by atoms with Crippen molar-refractivity contribution in [1.29, 1.82) is 0 Å². The van der Waals surface area contributed by atoms with Crippen LogP contribution in [-0.2, 0) is 116 Å². The van der Waals surface area contributed by atoms with Crippen molar-refractivity contribution in [3.8, 4) is 0 Å². The molecule has 4 saturated heterocycles. The average Bonchev–Trinajstić information content (AvgIpc) is 1.42. The van der Waals surface area contributed by atoms with Crippen LogP contribution in [0.3, 0.4) is 0 Å². The maximum absolute atomic E-state index is 12.9. The van der Waals surface area contributed by atoms with E-state index in [-0.39, 0.29) is 28.9 Å². The molecule has 0 aromatic heterocycles. The fourth-order valence-corrected chi connectivity index (χ4v) is 18.0. The molecule has 0 bridgehead atoms. The first kappa shape index (κ1) is 114. The topological polar surface area (TPSA) is 208 Å². The number of carbonyl (C=O) groups excluding carboxylic acids is 2. The second-order valence-corrected chi connectivity index (χ2v) is 35.9. The van der Waals surface area contributed by atoms with Crippen LogP contribution in [0, 0.1) is 63.2 Å². The standard InChI is InChI=1S/2C55H83N4O9.Fe/c2*60-55(49-15-7-8-16-49)59-29-37-67-45-43-63-33-25-57(26-34-64-44-46-68-38-30-59)22-14-6-4-2-1-3-5-13-21-56-23-31-61-39-41-65-35-27-58(28-36-66-42-40-62-32-24-56)48-54-52-19-11-9-17-50(52)47-51-18-10-12-20-53(51)54;/h2*7-12,15-20,47H,1-6,13-14,21-46,48H2;/q;;+2. The van der Waals surface area contributed by atoms with Crippen molar-refractivity contribution >= 4 is 54.9 Å². The van der Waals surface area contributed by atoms with Gasteiger partial charge in [-0.25, -0.2) is 0 Å². The van der Waals surface area contributed by atoms with Gasteiger partial charge in [-0.2, -0.15) is 0 Å². The number of ether oxygens (including phenoxy) is 16. The first-order chi connectivity index (χ1) is 67.5. The molecule has 2 saturated carbocycles. The van der Waals surface area contributed by atoms with Gasteiger partial charge in [0.05, 0.1) is 223 Å². The van der Waals surface area contributed by atoms with E-state index in [1.165, 1.54) is 157 Å². The number of nitrogens with zero attached hydrogens (tertiary/aromatic N) is 8. The van der Waals surface area contributed by atoms with Crippen LogP contribution in [0.4, 0.5) is 0 Å². The molecule has 6 aromatic rings. The molecular formula is C110H166FeN8O18+2. The van der Waals surface area contributed by atoms with Crippen molar-refractivity contribution in [3.63, 3.8) is 0 Å². The van der Waals surface area contributed by atoms with Crippen LogP contribution in [0.25, 0.3) is 43.1 Å². The van der Waals surface area contributed by atoms with Crippen LogP contribution >= 0.6 is 0 Å². The van der Waals surface area contributed by atoms with Crippen LogP contribution < -0.4 is 0 Å². The molecule has 6 aliphatic rings. The molecule has 4 heterocycles. The predicted molar refractivity (Wildman–Crippen MR) is 540 cm³/mol. The molecule has 0 spiro atoms. The van der Waals surface area contributed by atoms with Crippen molar-refractivity contribution < 1.29 is 102 Å². The fourth-order valence-electron chi connectivity index (χ4n) is 18.0. The van der Waals surface area contributed by atoms with Crippen LogP contribution in [0.15, 0.2) is 109 Å². The SMILES string of the molecule is O=C([C]1[CH][CH][CH][CH]1)N1CCOCCOCCN(CCCCCCCCCCN2CCOCCOCCN(Cc3c4ccccc4cc4ccccc34)CCOCCOCC2)CCOCCOCC1.O=C([C]1[CH][CH][CH][CH]1)N1CCOCCOCCN(CCCCCCCCCCN2CCOCCOCCN(Cc3c4ccccc4cc4ccccc34)CCOCCOCC2)CCOCCOCC1.[Fe+2]. The summed E-state index contributed by atoms with van der Waals surface area (Å²) < 4.78 is 95.6. The first-order valence-electron chi connectivity index (χ1n) is 51.9. The van der Waals surface area contributed by atoms with Gasteiger partial charge in [-0.1, -0.05) is 174 Å². The molecule has 6 aromatic carbocycles. The van der Waals surface area contributed by atoms with Gasteiger partial charge in [0.15, 0.2) is 0 Å². The zero-order chi connectivity index (χ0) is 93.9. The van der Waals surface area contributed by atoms with E-state index in [1.807, 2.05) is 51.4 Å². The predicted octanol–water partition coefficient (Wildman–Crippen LogP) is 13.8. The Labute approximate surface area is 833 Å². The number of unbranched alkanes of at least 4 members (excludes halogenated alkanes) is 14. The zero-order valence-electron chi connectivity index (χ0n) is 82.8. The molecule has 0 N–H and O–H groups in total. The number of hydrogen-bond donors (Lipinski definition) is 0. The van der Waals surface area contributed by atoms with E-state index < -0.39 is 0 Å². The van der Waals surface area contributed by atoms with Crippen molar-refractivity contribution in [2.45, 2.75) is 116 Å². The Morgan fingerprint density at radius 3 is 0.569 bits per heavy atom. The minimum Gasteiger partial charge on any atom is -0.378 e. The third kappa shape index (κ3) is 47.1. The summed E-state index contributed by atoms with van der Waals surface area (Å²) in [5.74, 6) is 1.40. The first-order valence-corrected chi connectivity index (χ1v) is 51.9.